The van der Waals surface area contributed by atoms with Gasteiger partial charge in [0.25, 0.3) is 0 Å². The lowest BCUT2D eigenvalue weighted by molar-refractivity contribution is -0.585. The first kappa shape index (κ1) is 10.9. The van der Waals surface area contributed by atoms with Crippen LogP contribution in [0.2, 0.25) is 0 Å². The third-order valence-corrected chi connectivity index (χ3v) is 2.16. The van der Waals surface area contributed by atoms with Gasteiger partial charge in [0.15, 0.2) is 0 Å². The second kappa shape index (κ2) is 4.93. The van der Waals surface area contributed by atoms with Gasteiger partial charge in [-0.25, -0.2) is 4.79 Å². The monoisotopic (exact) mass is 209 g/mol. The van der Waals surface area contributed by atoms with Crippen LogP contribution in [0, 0.1) is 0 Å². The molecule has 1 rings (SSSR count). The molecule has 0 radical (unpaired) electrons. The number of rotatable bonds is 3. The van der Waals surface area contributed by atoms with Crippen LogP contribution in [-0.2, 0) is 22.4 Å². The minimum atomic E-state index is -0.279. The fraction of sp³-hybridized carbons (Fsp3) is 0.200. The number of Topliss-reactive ketones (excluding diaryl/α,β-unsaturated/α-hetero) is 1. The Hall–Kier alpha value is -1.13. The second-order valence-electron chi connectivity index (χ2n) is 3.00. The molecule has 0 fully saturated rings. The van der Waals surface area contributed by atoms with Crippen molar-refractivity contribution in [3.05, 3.63) is 30.3 Å². The van der Waals surface area contributed by atoms with Crippen molar-refractivity contribution in [2.75, 3.05) is 0 Å². The Morgan fingerprint density at radius 2 is 1.86 bits per heavy atom. The topological polar surface area (TPSA) is 38.6 Å². The van der Waals surface area contributed by atoms with Crippen molar-refractivity contribution in [1.29, 1.82) is 0 Å². The van der Waals surface area contributed by atoms with E-state index in [1.54, 1.807) is 12.1 Å². The van der Waals surface area contributed by atoms with E-state index in [1.165, 1.54) is 6.92 Å². The van der Waals surface area contributed by atoms with Crippen LogP contribution < -0.4 is 4.31 Å². The van der Waals surface area contributed by atoms with Gasteiger partial charge in [0.1, 0.15) is 17.9 Å². The molecule has 1 amide bonds. The van der Waals surface area contributed by atoms with Gasteiger partial charge < -0.3 is 17.1 Å². The number of para-hydroxylation sites is 1. The summed E-state index contributed by atoms with van der Waals surface area (Å²) in [5.74, 6) is -0.438. The molecule has 1 aromatic carbocycles. The van der Waals surface area contributed by atoms with Gasteiger partial charge in [-0.1, -0.05) is 18.2 Å². The summed E-state index contributed by atoms with van der Waals surface area (Å²) >= 11 is 4.96. The number of carbonyl (C=O) groups excluding carboxylic acids is 2. The number of carbonyl (C=O) groups is 2. The number of ketones is 1. The molecule has 0 saturated heterocycles. The lowest BCUT2D eigenvalue weighted by atomic mass is 10.2. The fourth-order valence-corrected chi connectivity index (χ4v) is 1.27. The molecule has 0 aliphatic carbocycles. The van der Waals surface area contributed by atoms with Crippen LogP contribution in [0.5, 0.6) is 0 Å². The quantitative estimate of drug-likeness (QED) is 0.570. The number of hydrogen-bond acceptors (Lipinski definition) is 3. The van der Waals surface area contributed by atoms with E-state index >= 15 is 0 Å². The van der Waals surface area contributed by atoms with Gasteiger partial charge in [0.05, 0.1) is 0 Å². The summed E-state index contributed by atoms with van der Waals surface area (Å²) in [7, 11) is 0. The Morgan fingerprint density at radius 1 is 1.29 bits per heavy atom. The van der Waals surface area contributed by atoms with Gasteiger partial charge in [-0.3, -0.25) is 4.79 Å². The van der Waals surface area contributed by atoms with Gasteiger partial charge in [-0.2, -0.15) is 0 Å². The smallest absolute Gasteiger partial charge is 0.306 e. The van der Waals surface area contributed by atoms with Crippen LogP contribution in [0.1, 0.15) is 13.3 Å². The van der Waals surface area contributed by atoms with Crippen LogP contribution in [0.4, 0.5) is 5.69 Å². The summed E-state index contributed by atoms with van der Waals surface area (Å²) < 4.78 is 0.237. The van der Waals surface area contributed by atoms with E-state index in [1.807, 2.05) is 18.2 Å². The summed E-state index contributed by atoms with van der Waals surface area (Å²) in [4.78, 5) is 22.1. The average molecular weight is 209 g/mol. The maximum atomic E-state index is 11.4. The Morgan fingerprint density at radius 3 is 2.36 bits per heavy atom. The highest BCUT2D eigenvalue weighted by atomic mass is 32.1. The van der Waals surface area contributed by atoms with Crippen LogP contribution in [0.3, 0.4) is 0 Å². The standard InChI is InChI=1S/C10H11NO2S/c1-8(12)7-10(13)11(14)9-5-3-2-4-6-9/h2-6,11H,7H2,1H3. The predicted octanol–water partition coefficient (Wildman–Crippen LogP) is 0.171. The second-order valence-corrected chi connectivity index (χ2v) is 3.41. The van der Waals surface area contributed by atoms with E-state index in [9.17, 15) is 9.59 Å². The molecule has 0 bridgehead atoms. The molecule has 0 heterocycles. The molecule has 3 nitrogen and oxygen atoms in total. The molecule has 1 unspecified atom stereocenters. The van der Waals surface area contributed by atoms with Crippen LogP contribution in [-0.4, -0.2) is 11.7 Å². The normalized spacial score (nSPS) is 12.1. The molecule has 1 aromatic rings. The van der Waals surface area contributed by atoms with Gasteiger partial charge in [0, 0.05) is 0 Å². The van der Waals surface area contributed by atoms with Crippen molar-refractivity contribution >= 4 is 30.2 Å². The highest BCUT2D eigenvalue weighted by Gasteiger charge is 2.13. The highest BCUT2D eigenvalue weighted by Crippen LogP contribution is 1.98. The third kappa shape index (κ3) is 2.97. The summed E-state index contributed by atoms with van der Waals surface area (Å²) in [5.41, 5.74) is 0.703. The van der Waals surface area contributed by atoms with E-state index in [0.29, 0.717) is 5.69 Å². The highest BCUT2D eigenvalue weighted by molar-refractivity contribution is 7.51. The number of hydrogen-bond donors (Lipinski definition) is 1. The van der Waals surface area contributed by atoms with Crippen molar-refractivity contribution in [3.8, 4) is 0 Å². The van der Waals surface area contributed by atoms with Gasteiger partial charge >= 0.3 is 5.91 Å². The van der Waals surface area contributed by atoms with Gasteiger partial charge in [-0.15, -0.1) is 0 Å². The molecule has 74 valence electrons. The van der Waals surface area contributed by atoms with E-state index in [4.69, 9.17) is 12.8 Å². The first-order valence-corrected chi connectivity index (χ1v) is 4.64. The summed E-state index contributed by atoms with van der Waals surface area (Å²) in [6.07, 6.45) is -0.103. The van der Waals surface area contributed by atoms with Crippen LogP contribution in [0.15, 0.2) is 30.3 Å². The molecule has 4 heteroatoms. The number of nitrogens with one attached hydrogen (secondary N) is 1. The van der Waals surface area contributed by atoms with Gasteiger partial charge in [-0.05, 0) is 19.1 Å². The Balaban J connectivity index is 2.71. The lowest BCUT2D eigenvalue weighted by Crippen LogP contribution is -3.05. The first-order chi connectivity index (χ1) is 6.61. The molecule has 0 spiro atoms. The molecule has 14 heavy (non-hydrogen) atoms. The van der Waals surface area contributed by atoms with Crippen molar-refractivity contribution in [3.63, 3.8) is 0 Å². The minimum absolute atomic E-state index is 0.103. The van der Waals surface area contributed by atoms with Crippen molar-refractivity contribution < 1.29 is 13.9 Å². The van der Waals surface area contributed by atoms with Gasteiger partial charge in [0.2, 0.25) is 0 Å². The number of quaternary nitrogens is 1. The first-order valence-electron chi connectivity index (χ1n) is 4.23. The predicted molar refractivity (Wildman–Crippen MR) is 54.7 cm³/mol. The summed E-state index contributed by atoms with van der Waals surface area (Å²) in [6.45, 7) is 1.38. The number of amides is 1. The van der Waals surface area contributed by atoms with E-state index in [2.05, 4.69) is 0 Å². The molecule has 1 N–H and O–H groups in total. The average Bonchev–Trinajstić information content (AvgIpc) is 2.17. The molecule has 0 aromatic heterocycles. The van der Waals surface area contributed by atoms with Crippen LogP contribution >= 0.6 is 0 Å². The Labute approximate surface area is 88.3 Å². The Kier molecular flexibility index (Phi) is 3.85. The molecular weight excluding hydrogens is 198 g/mol. The summed E-state index contributed by atoms with van der Waals surface area (Å²) in [5, 5.41) is 0. The van der Waals surface area contributed by atoms with E-state index in [0.717, 1.165) is 0 Å². The molecular formula is C10H11NO2S. The fourth-order valence-electron chi connectivity index (χ4n) is 1.06. The maximum absolute atomic E-state index is 11.4. The Bertz CT molecular complexity index is 337. The summed E-state index contributed by atoms with van der Waals surface area (Å²) in [6, 6.07) is 8.99. The van der Waals surface area contributed by atoms with Crippen LogP contribution in [0.25, 0.3) is 0 Å². The third-order valence-electron chi connectivity index (χ3n) is 1.70. The van der Waals surface area contributed by atoms with Crippen molar-refractivity contribution in [1.82, 2.24) is 0 Å². The number of benzene rings is 1. The molecule has 1 atom stereocenters. The molecule has 0 aliphatic rings. The van der Waals surface area contributed by atoms with E-state index < -0.39 is 0 Å². The zero-order chi connectivity index (χ0) is 10.6. The zero-order valence-corrected chi connectivity index (χ0v) is 8.64. The maximum Gasteiger partial charge on any atom is 0.306 e. The van der Waals surface area contributed by atoms with E-state index in [-0.39, 0.29) is 22.4 Å². The molecule has 0 aliphatic heterocycles. The van der Waals surface area contributed by atoms with Crippen molar-refractivity contribution in [2.45, 2.75) is 13.3 Å². The lowest BCUT2D eigenvalue weighted by Gasteiger charge is -2.19. The molecule has 0 saturated carbocycles. The SMILES string of the molecule is CC(=O)CC(=O)[NH+]([S-])c1ccccc1. The van der Waals surface area contributed by atoms with Crippen molar-refractivity contribution in [2.24, 2.45) is 0 Å². The largest absolute Gasteiger partial charge is 0.481 e. The minimum Gasteiger partial charge on any atom is -0.481 e. The zero-order valence-electron chi connectivity index (χ0n) is 7.82.